The Labute approximate surface area is 225 Å². The number of hydrogen-bond donors (Lipinski definition) is 3. The van der Waals surface area contributed by atoms with Gasteiger partial charge in [-0.1, -0.05) is 18.2 Å². The normalized spacial score (nSPS) is 13.2. The standard InChI is InChI=1S/C27H26N8O3S/c1-15-12-29-27(30-23-11-16(2)34(3)32-23)31-24(15)19-13-28-25-17(19)7-6-10-22(25)35-14-20-18(26(35)36)8-5-9-21(20)33-39(4,37)38/h5-13,28,33H,14H2,1-4H3,(H,29,30,31,32). The first-order chi connectivity index (χ1) is 18.6. The van der Waals surface area contributed by atoms with Gasteiger partial charge in [0, 0.05) is 53.3 Å². The van der Waals surface area contributed by atoms with Crippen LogP contribution in [0.25, 0.3) is 22.2 Å². The predicted octanol–water partition coefficient (Wildman–Crippen LogP) is 4.25. The van der Waals surface area contributed by atoms with E-state index in [0.29, 0.717) is 34.3 Å². The number of fused-ring (bicyclic) bond motifs is 2. The molecule has 2 aromatic carbocycles. The van der Waals surface area contributed by atoms with Crippen molar-refractivity contribution in [3.8, 4) is 11.3 Å². The van der Waals surface area contributed by atoms with Crippen molar-refractivity contribution in [3.63, 3.8) is 0 Å². The van der Waals surface area contributed by atoms with Gasteiger partial charge < -0.3 is 15.2 Å². The molecule has 3 N–H and O–H groups in total. The summed E-state index contributed by atoms with van der Waals surface area (Å²) in [7, 11) is -1.62. The van der Waals surface area contributed by atoms with Crippen LogP contribution >= 0.6 is 0 Å². The number of anilines is 4. The summed E-state index contributed by atoms with van der Waals surface area (Å²) in [5.41, 5.74) is 6.51. The van der Waals surface area contributed by atoms with Crippen LogP contribution in [-0.2, 0) is 23.6 Å². The maximum atomic E-state index is 13.4. The summed E-state index contributed by atoms with van der Waals surface area (Å²) in [6.07, 6.45) is 4.73. The third-order valence-electron chi connectivity index (χ3n) is 6.83. The first-order valence-corrected chi connectivity index (χ1v) is 14.1. The number of aryl methyl sites for hydroxylation is 3. The first kappa shape index (κ1) is 24.6. The number of rotatable bonds is 6. The Hall–Kier alpha value is -4.71. The molecule has 0 radical (unpaired) electrons. The smallest absolute Gasteiger partial charge is 0.259 e. The van der Waals surface area contributed by atoms with E-state index in [-0.39, 0.29) is 12.5 Å². The van der Waals surface area contributed by atoms with E-state index in [2.05, 4.69) is 25.1 Å². The van der Waals surface area contributed by atoms with Crippen molar-refractivity contribution in [2.24, 2.45) is 7.05 Å². The molecule has 3 aromatic heterocycles. The molecule has 12 heteroatoms. The monoisotopic (exact) mass is 542 g/mol. The lowest BCUT2D eigenvalue weighted by atomic mass is 10.1. The van der Waals surface area contributed by atoms with Crippen molar-refractivity contribution in [1.82, 2.24) is 24.7 Å². The number of nitrogens with zero attached hydrogens (tertiary/aromatic N) is 5. The van der Waals surface area contributed by atoms with Gasteiger partial charge in [0.15, 0.2) is 5.82 Å². The maximum absolute atomic E-state index is 13.4. The molecule has 198 valence electrons. The summed E-state index contributed by atoms with van der Waals surface area (Å²) in [5, 5.41) is 8.49. The van der Waals surface area contributed by atoms with Crippen LogP contribution in [0.5, 0.6) is 0 Å². The van der Waals surface area contributed by atoms with E-state index < -0.39 is 10.0 Å². The fourth-order valence-corrected chi connectivity index (χ4v) is 5.48. The van der Waals surface area contributed by atoms with Crippen LogP contribution in [0.3, 0.4) is 0 Å². The number of benzene rings is 2. The van der Waals surface area contributed by atoms with Crippen LogP contribution in [0.1, 0.15) is 27.2 Å². The fraction of sp³-hybridized carbons (Fsp3) is 0.185. The third kappa shape index (κ3) is 4.38. The molecule has 0 spiro atoms. The summed E-state index contributed by atoms with van der Waals surface area (Å²) < 4.78 is 28.1. The van der Waals surface area contributed by atoms with Gasteiger partial charge in [-0.3, -0.25) is 14.2 Å². The van der Waals surface area contributed by atoms with Crippen molar-refractivity contribution < 1.29 is 13.2 Å². The zero-order chi connectivity index (χ0) is 27.5. The van der Waals surface area contributed by atoms with Gasteiger partial charge in [0.1, 0.15) is 0 Å². The van der Waals surface area contributed by atoms with Gasteiger partial charge >= 0.3 is 0 Å². The lowest BCUT2D eigenvalue weighted by molar-refractivity contribution is 0.0997. The van der Waals surface area contributed by atoms with Crippen LogP contribution < -0.4 is 14.9 Å². The molecule has 1 aliphatic heterocycles. The second-order valence-corrected chi connectivity index (χ2v) is 11.4. The summed E-state index contributed by atoms with van der Waals surface area (Å²) in [5.74, 6) is 0.888. The van der Waals surface area contributed by atoms with Gasteiger partial charge in [-0.15, -0.1) is 0 Å². The maximum Gasteiger partial charge on any atom is 0.259 e. The minimum absolute atomic E-state index is 0.193. The highest BCUT2D eigenvalue weighted by Gasteiger charge is 2.32. The highest BCUT2D eigenvalue weighted by atomic mass is 32.2. The Bertz CT molecular complexity index is 1870. The molecule has 11 nitrogen and oxygen atoms in total. The zero-order valence-electron chi connectivity index (χ0n) is 21.8. The summed E-state index contributed by atoms with van der Waals surface area (Å²) in [6, 6.07) is 12.7. The summed E-state index contributed by atoms with van der Waals surface area (Å²) in [4.78, 5) is 27.6. The molecule has 1 aliphatic rings. The van der Waals surface area contributed by atoms with E-state index in [9.17, 15) is 13.2 Å². The lowest BCUT2D eigenvalue weighted by Crippen LogP contribution is -2.23. The topological polar surface area (TPSA) is 138 Å². The van der Waals surface area contributed by atoms with Crippen LogP contribution in [-0.4, -0.2) is 45.3 Å². The van der Waals surface area contributed by atoms with E-state index in [4.69, 9.17) is 4.98 Å². The predicted molar refractivity (Wildman–Crippen MR) is 151 cm³/mol. The van der Waals surface area contributed by atoms with Gasteiger partial charge in [0.25, 0.3) is 5.91 Å². The van der Waals surface area contributed by atoms with Gasteiger partial charge in [-0.25, -0.2) is 18.4 Å². The molecular formula is C27H26N8O3S. The number of sulfonamides is 1. The van der Waals surface area contributed by atoms with E-state index in [0.717, 1.165) is 39.7 Å². The molecule has 0 saturated heterocycles. The first-order valence-electron chi connectivity index (χ1n) is 12.2. The van der Waals surface area contributed by atoms with E-state index in [1.54, 1.807) is 34.0 Å². The number of aromatic nitrogens is 5. The molecule has 1 amide bonds. The van der Waals surface area contributed by atoms with Gasteiger partial charge in [0.05, 0.1) is 35.4 Å². The second-order valence-electron chi connectivity index (χ2n) is 9.64. The minimum atomic E-state index is -3.50. The number of amides is 1. The number of nitrogens with one attached hydrogen (secondary N) is 3. The molecule has 0 saturated carbocycles. The Balaban J connectivity index is 1.38. The van der Waals surface area contributed by atoms with Crippen molar-refractivity contribution in [2.75, 3.05) is 21.2 Å². The molecule has 0 unspecified atom stereocenters. The number of para-hydroxylation sites is 1. The Morgan fingerprint density at radius 1 is 1.08 bits per heavy atom. The van der Waals surface area contributed by atoms with E-state index in [1.807, 2.05) is 51.4 Å². The van der Waals surface area contributed by atoms with E-state index in [1.165, 1.54) is 0 Å². The molecule has 0 aliphatic carbocycles. The van der Waals surface area contributed by atoms with Crippen LogP contribution in [0.15, 0.2) is 54.9 Å². The lowest BCUT2D eigenvalue weighted by Gasteiger charge is -2.17. The summed E-state index contributed by atoms with van der Waals surface area (Å²) >= 11 is 0. The average Bonchev–Trinajstić information content (AvgIpc) is 3.55. The Kier molecular flexibility index (Phi) is 5.65. The zero-order valence-corrected chi connectivity index (χ0v) is 22.6. The molecule has 6 rings (SSSR count). The molecule has 0 atom stereocenters. The number of carbonyl (C=O) groups excluding carboxylic acids is 1. The molecule has 5 aromatic rings. The molecule has 0 bridgehead atoms. The van der Waals surface area contributed by atoms with Crippen molar-refractivity contribution in [2.45, 2.75) is 20.4 Å². The highest BCUT2D eigenvalue weighted by molar-refractivity contribution is 7.92. The van der Waals surface area contributed by atoms with Crippen molar-refractivity contribution in [3.05, 3.63) is 77.2 Å². The van der Waals surface area contributed by atoms with Crippen LogP contribution in [0, 0.1) is 13.8 Å². The minimum Gasteiger partial charge on any atom is -0.359 e. The molecule has 0 fully saturated rings. The molecule has 39 heavy (non-hydrogen) atoms. The van der Waals surface area contributed by atoms with Gasteiger partial charge in [0.2, 0.25) is 16.0 Å². The van der Waals surface area contributed by atoms with Crippen LogP contribution in [0.4, 0.5) is 23.1 Å². The Morgan fingerprint density at radius 3 is 2.62 bits per heavy atom. The van der Waals surface area contributed by atoms with Crippen molar-refractivity contribution in [1.29, 1.82) is 0 Å². The summed E-state index contributed by atoms with van der Waals surface area (Å²) in [6.45, 7) is 4.16. The average molecular weight is 543 g/mol. The third-order valence-corrected chi connectivity index (χ3v) is 7.42. The van der Waals surface area contributed by atoms with Gasteiger partial charge in [-0.2, -0.15) is 5.10 Å². The van der Waals surface area contributed by atoms with Crippen LogP contribution in [0.2, 0.25) is 0 Å². The van der Waals surface area contributed by atoms with Gasteiger partial charge in [-0.05, 0) is 37.6 Å². The largest absolute Gasteiger partial charge is 0.359 e. The fourth-order valence-electron chi connectivity index (χ4n) is 4.89. The SMILES string of the molecule is Cc1cnc(Nc2cc(C)n(C)n2)nc1-c1c[nH]c2c(N3Cc4c(NS(C)(=O)=O)cccc4C3=O)cccc12. The van der Waals surface area contributed by atoms with Crippen molar-refractivity contribution >= 4 is 50.0 Å². The number of H-pyrrole nitrogens is 1. The molecular weight excluding hydrogens is 516 g/mol. The molecule has 4 heterocycles. The number of hydrogen-bond acceptors (Lipinski definition) is 7. The number of aromatic amines is 1. The quantitative estimate of drug-likeness (QED) is 0.292. The van der Waals surface area contributed by atoms with E-state index >= 15 is 0 Å². The highest BCUT2D eigenvalue weighted by Crippen LogP contribution is 2.39. The Morgan fingerprint density at radius 2 is 1.87 bits per heavy atom. The number of carbonyl (C=O) groups is 1. The second kappa shape index (κ2) is 8.95.